The highest BCUT2D eigenvalue weighted by Crippen LogP contribution is 2.25. The van der Waals surface area contributed by atoms with Gasteiger partial charge >= 0.3 is 6.03 Å². The predicted octanol–water partition coefficient (Wildman–Crippen LogP) is 1.88. The van der Waals surface area contributed by atoms with Crippen LogP contribution in [0.5, 0.6) is 5.75 Å². The zero-order chi connectivity index (χ0) is 18.5. The second kappa shape index (κ2) is 8.24. The average Bonchev–Trinajstić information content (AvgIpc) is 3.20. The molecule has 1 aromatic heterocycles. The molecule has 4 rings (SSSR count). The van der Waals surface area contributed by atoms with Crippen LogP contribution in [0.25, 0.3) is 0 Å². The first-order valence-electron chi connectivity index (χ1n) is 9.59. The van der Waals surface area contributed by atoms with Crippen LogP contribution in [0.1, 0.15) is 17.5 Å². The van der Waals surface area contributed by atoms with Crippen LogP contribution in [0.2, 0.25) is 0 Å². The van der Waals surface area contributed by atoms with Crippen LogP contribution in [-0.2, 0) is 12.8 Å². The first-order valence-corrected chi connectivity index (χ1v) is 9.59. The molecule has 7 nitrogen and oxygen atoms in total. The zero-order valence-corrected chi connectivity index (χ0v) is 15.4. The SMILES string of the molecule is O=C(NCCOc1ccc2c(c1)CCC2)N1CCN(c2ncccn2)CC1. The van der Waals surface area contributed by atoms with Crippen molar-refractivity contribution in [2.45, 2.75) is 19.3 Å². The van der Waals surface area contributed by atoms with Crippen molar-refractivity contribution in [1.82, 2.24) is 20.2 Å². The number of benzene rings is 1. The van der Waals surface area contributed by atoms with Crippen molar-refractivity contribution in [2.24, 2.45) is 0 Å². The third kappa shape index (κ3) is 4.30. The molecule has 1 saturated heterocycles. The number of urea groups is 1. The summed E-state index contributed by atoms with van der Waals surface area (Å²) in [5.74, 6) is 1.61. The van der Waals surface area contributed by atoms with Crippen molar-refractivity contribution < 1.29 is 9.53 Å². The molecule has 1 aliphatic heterocycles. The molecule has 1 fully saturated rings. The number of nitrogens with one attached hydrogen (secondary N) is 1. The maximum absolute atomic E-state index is 12.3. The van der Waals surface area contributed by atoms with Gasteiger partial charge in [0.05, 0.1) is 6.54 Å². The Kier molecular flexibility index (Phi) is 5.37. The third-order valence-corrected chi connectivity index (χ3v) is 5.12. The lowest BCUT2D eigenvalue weighted by Crippen LogP contribution is -2.52. The van der Waals surface area contributed by atoms with E-state index in [1.54, 1.807) is 18.5 Å². The summed E-state index contributed by atoms with van der Waals surface area (Å²) in [7, 11) is 0. The lowest BCUT2D eigenvalue weighted by molar-refractivity contribution is 0.191. The number of piperazine rings is 1. The normalized spacial score (nSPS) is 16.1. The molecule has 1 aromatic carbocycles. The van der Waals surface area contributed by atoms with Crippen molar-refractivity contribution in [3.63, 3.8) is 0 Å². The average molecular weight is 367 g/mol. The lowest BCUT2D eigenvalue weighted by atomic mass is 10.1. The first kappa shape index (κ1) is 17.6. The Balaban J connectivity index is 1.17. The monoisotopic (exact) mass is 367 g/mol. The Morgan fingerprint density at radius 1 is 1.07 bits per heavy atom. The minimum absolute atomic E-state index is 0.0406. The van der Waals surface area contributed by atoms with E-state index < -0.39 is 0 Å². The highest BCUT2D eigenvalue weighted by molar-refractivity contribution is 5.74. The van der Waals surface area contributed by atoms with Crippen molar-refractivity contribution in [3.8, 4) is 5.75 Å². The van der Waals surface area contributed by atoms with E-state index in [1.807, 2.05) is 11.0 Å². The number of rotatable bonds is 5. The molecule has 0 atom stereocenters. The number of carbonyl (C=O) groups excluding carboxylic acids is 1. The van der Waals surface area contributed by atoms with Gasteiger partial charge in [-0.25, -0.2) is 14.8 Å². The van der Waals surface area contributed by atoms with E-state index >= 15 is 0 Å². The van der Waals surface area contributed by atoms with Crippen LogP contribution in [0.15, 0.2) is 36.7 Å². The number of carbonyl (C=O) groups is 1. The molecule has 1 aliphatic carbocycles. The van der Waals surface area contributed by atoms with Crippen molar-refractivity contribution in [1.29, 1.82) is 0 Å². The fourth-order valence-corrected chi connectivity index (χ4v) is 3.64. The fraction of sp³-hybridized carbons (Fsp3) is 0.450. The summed E-state index contributed by atoms with van der Waals surface area (Å²) in [6.07, 6.45) is 7.03. The predicted molar refractivity (Wildman–Crippen MR) is 103 cm³/mol. The number of hydrogen-bond donors (Lipinski definition) is 1. The van der Waals surface area contributed by atoms with E-state index in [1.165, 1.54) is 24.0 Å². The molecule has 2 heterocycles. The summed E-state index contributed by atoms with van der Waals surface area (Å²) in [6, 6.07) is 8.08. The fourth-order valence-electron chi connectivity index (χ4n) is 3.64. The Labute approximate surface area is 159 Å². The zero-order valence-electron chi connectivity index (χ0n) is 15.4. The van der Waals surface area contributed by atoms with E-state index in [9.17, 15) is 4.79 Å². The molecule has 0 spiro atoms. The number of aromatic nitrogens is 2. The van der Waals surface area contributed by atoms with Crippen LogP contribution in [0, 0.1) is 0 Å². The van der Waals surface area contributed by atoms with Gasteiger partial charge in [0, 0.05) is 38.6 Å². The highest BCUT2D eigenvalue weighted by Gasteiger charge is 2.22. The Bertz CT molecular complexity index is 775. The lowest BCUT2D eigenvalue weighted by Gasteiger charge is -2.34. The van der Waals surface area contributed by atoms with Gasteiger partial charge in [-0.2, -0.15) is 0 Å². The number of aryl methyl sites for hydroxylation is 2. The smallest absolute Gasteiger partial charge is 0.317 e. The molecule has 2 aromatic rings. The summed E-state index contributed by atoms with van der Waals surface area (Å²) < 4.78 is 5.79. The number of amides is 2. The van der Waals surface area contributed by atoms with Gasteiger partial charge in [0.1, 0.15) is 12.4 Å². The molecule has 7 heteroatoms. The summed E-state index contributed by atoms with van der Waals surface area (Å²) in [5, 5.41) is 2.94. The molecule has 0 saturated carbocycles. The molecular formula is C20H25N5O2. The molecule has 2 amide bonds. The van der Waals surface area contributed by atoms with Crippen molar-refractivity contribution in [2.75, 3.05) is 44.2 Å². The Morgan fingerprint density at radius 3 is 2.67 bits per heavy atom. The molecule has 0 unspecified atom stereocenters. The van der Waals surface area contributed by atoms with E-state index in [0.29, 0.717) is 26.2 Å². The number of nitrogens with zero attached hydrogens (tertiary/aromatic N) is 4. The largest absolute Gasteiger partial charge is 0.492 e. The van der Waals surface area contributed by atoms with Gasteiger partial charge in [0.2, 0.25) is 5.95 Å². The van der Waals surface area contributed by atoms with Crippen molar-refractivity contribution >= 4 is 12.0 Å². The summed E-state index contributed by atoms with van der Waals surface area (Å²) in [5.41, 5.74) is 2.84. The minimum atomic E-state index is -0.0406. The Hall–Kier alpha value is -2.83. The number of ether oxygens (including phenoxy) is 1. The molecule has 2 aliphatic rings. The van der Waals surface area contributed by atoms with Gasteiger partial charge in [-0.1, -0.05) is 6.07 Å². The molecule has 27 heavy (non-hydrogen) atoms. The summed E-state index contributed by atoms with van der Waals surface area (Å²) >= 11 is 0. The second-order valence-electron chi connectivity index (χ2n) is 6.89. The topological polar surface area (TPSA) is 70.6 Å². The minimum Gasteiger partial charge on any atom is -0.492 e. The van der Waals surface area contributed by atoms with Gasteiger partial charge in [-0.05, 0) is 48.6 Å². The first-order chi connectivity index (χ1) is 13.3. The number of anilines is 1. The van der Waals surface area contributed by atoms with Gasteiger partial charge in [0.25, 0.3) is 0 Å². The van der Waals surface area contributed by atoms with E-state index in [2.05, 4.69) is 32.3 Å². The maximum Gasteiger partial charge on any atom is 0.317 e. The maximum atomic E-state index is 12.3. The van der Waals surface area contributed by atoms with Gasteiger partial charge in [-0.15, -0.1) is 0 Å². The van der Waals surface area contributed by atoms with E-state index in [0.717, 1.165) is 31.2 Å². The van der Waals surface area contributed by atoms with Gasteiger partial charge in [-0.3, -0.25) is 0 Å². The molecule has 0 bridgehead atoms. The van der Waals surface area contributed by atoms with Crippen LogP contribution in [0.4, 0.5) is 10.7 Å². The third-order valence-electron chi connectivity index (χ3n) is 5.12. The standard InChI is InChI=1S/C20H25N5O2/c26-20(25-12-10-24(11-13-25)19-21-7-2-8-22-19)23-9-14-27-18-6-5-16-3-1-4-17(16)15-18/h2,5-8,15H,1,3-4,9-14H2,(H,23,26). The van der Waals surface area contributed by atoms with Crippen LogP contribution in [0.3, 0.4) is 0 Å². The molecular weight excluding hydrogens is 342 g/mol. The van der Waals surface area contributed by atoms with Crippen molar-refractivity contribution in [3.05, 3.63) is 47.8 Å². The number of fused-ring (bicyclic) bond motifs is 1. The molecule has 142 valence electrons. The second-order valence-corrected chi connectivity index (χ2v) is 6.89. The molecule has 0 radical (unpaired) electrons. The summed E-state index contributed by atoms with van der Waals surface area (Å²) in [4.78, 5) is 24.8. The highest BCUT2D eigenvalue weighted by atomic mass is 16.5. The van der Waals surface area contributed by atoms with Gasteiger partial charge < -0.3 is 19.9 Å². The summed E-state index contributed by atoms with van der Waals surface area (Å²) in [6.45, 7) is 3.78. The Morgan fingerprint density at radius 2 is 1.85 bits per heavy atom. The van der Waals surface area contributed by atoms with Crippen LogP contribution >= 0.6 is 0 Å². The quantitative estimate of drug-likeness (QED) is 0.817. The number of hydrogen-bond acceptors (Lipinski definition) is 5. The van der Waals surface area contributed by atoms with E-state index in [-0.39, 0.29) is 6.03 Å². The van der Waals surface area contributed by atoms with Gasteiger partial charge in [0.15, 0.2) is 0 Å². The van der Waals surface area contributed by atoms with Crippen LogP contribution < -0.4 is 15.0 Å². The molecule has 1 N–H and O–H groups in total. The van der Waals surface area contributed by atoms with E-state index in [4.69, 9.17) is 4.74 Å². The van der Waals surface area contributed by atoms with Crippen LogP contribution in [-0.4, -0.2) is 60.2 Å².